The Morgan fingerprint density at radius 3 is 2.90 bits per heavy atom. The van der Waals surface area contributed by atoms with Gasteiger partial charge in [-0.25, -0.2) is 15.0 Å². The van der Waals surface area contributed by atoms with Crippen LogP contribution in [0.5, 0.6) is 0 Å². The van der Waals surface area contributed by atoms with Crippen molar-refractivity contribution in [3.63, 3.8) is 0 Å². The Kier molecular flexibility index (Phi) is 6.02. The lowest BCUT2D eigenvalue weighted by molar-refractivity contribution is -0.137. The van der Waals surface area contributed by atoms with E-state index in [0.717, 1.165) is 49.2 Å². The topological polar surface area (TPSA) is 106 Å². The molecule has 0 aliphatic carbocycles. The minimum atomic E-state index is -0.875. The molecule has 156 valence electrons. The van der Waals surface area contributed by atoms with Crippen molar-refractivity contribution in [2.45, 2.75) is 57.5 Å². The number of aryl methyl sites for hydroxylation is 3. The fourth-order valence-electron chi connectivity index (χ4n) is 4.02. The second-order valence-electron chi connectivity index (χ2n) is 7.73. The van der Waals surface area contributed by atoms with Gasteiger partial charge < -0.3 is 10.4 Å². The van der Waals surface area contributed by atoms with E-state index in [-0.39, 0.29) is 6.42 Å². The number of aliphatic carboxylic acids is 1. The van der Waals surface area contributed by atoms with Gasteiger partial charge in [0.05, 0.1) is 12.5 Å². The minimum Gasteiger partial charge on any atom is -0.481 e. The average Bonchev–Trinajstić information content (AvgIpc) is 3.21. The molecule has 4 heterocycles. The maximum Gasteiger partial charge on any atom is 0.305 e. The van der Waals surface area contributed by atoms with Gasteiger partial charge in [0.1, 0.15) is 11.6 Å². The molecular weight excluding hydrogens is 380 g/mol. The first-order chi connectivity index (χ1) is 14.6. The van der Waals surface area contributed by atoms with Gasteiger partial charge in [-0.15, -0.1) is 0 Å². The molecule has 30 heavy (non-hydrogen) atoms. The minimum absolute atomic E-state index is 0.0618. The summed E-state index contributed by atoms with van der Waals surface area (Å²) in [4.78, 5) is 24.4. The van der Waals surface area contributed by atoms with Crippen LogP contribution in [0.2, 0.25) is 0 Å². The summed E-state index contributed by atoms with van der Waals surface area (Å²) in [5.74, 6) is 0.781. The molecule has 0 spiro atoms. The van der Waals surface area contributed by atoms with Crippen LogP contribution in [0.15, 0.2) is 43.0 Å². The average molecular weight is 406 g/mol. The summed E-state index contributed by atoms with van der Waals surface area (Å²) in [7, 11) is 0. The Morgan fingerprint density at radius 1 is 1.27 bits per heavy atom. The van der Waals surface area contributed by atoms with Gasteiger partial charge in [0, 0.05) is 42.1 Å². The third-order valence-corrected chi connectivity index (χ3v) is 5.58. The molecule has 1 aliphatic rings. The van der Waals surface area contributed by atoms with Gasteiger partial charge in [0.25, 0.3) is 0 Å². The van der Waals surface area contributed by atoms with Crippen molar-refractivity contribution in [1.29, 1.82) is 0 Å². The number of carboxylic acid groups (broad SMARTS) is 1. The second-order valence-corrected chi connectivity index (χ2v) is 7.73. The molecule has 8 nitrogen and oxygen atoms in total. The highest BCUT2D eigenvalue weighted by Crippen LogP contribution is 2.26. The summed E-state index contributed by atoms with van der Waals surface area (Å²) >= 11 is 0. The number of anilines is 1. The standard InChI is InChI=1S/C22H26N6O2/c1-15-24-13-17(14-25-15)20(12-21(29)30)28-19(9-11-26-28)6-2-5-18-8-7-16-4-3-10-23-22(16)27-18/h3-4,9-11,13-14,18,20H,2,5-8,12H2,1H3,(H,23,27)(H,29,30). The summed E-state index contributed by atoms with van der Waals surface area (Å²) in [6, 6.07) is 6.06. The maximum absolute atomic E-state index is 11.5. The number of carbonyl (C=O) groups is 1. The monoisotopic (exact) mass is 406 g/mol. The SMILES string of the molecule is Cc1ncc(C(CC(=O)O)n2nccc2CCCC2CCc3cccnc3N2)cn1. The number of nitrogens with zero attached hydrogens (tertiary/aromatic N) is 5. The van der Waals surface area contributed by atoms with Crippen LogP contribution >= 0.6 is 0 Å². The van der Waals surface area contributed by atoms with Crippen LogP contribution in [0.25, 0.3) is 0 Å². The van der Waals surface area contributed by atoms with Crippen LogP contribution in [0.4, 0.5) is 5.82 Å². The van der Waals surface area contributed by atoms with Gasteiger partial charge >= 0.3 is 5.97 Å². The summed E-state index contributed by atoms with van der Waals surface area (Å²) in [5.41, 5.74) is 3.06. The lowest BCUT2D eigenvalue weighted by Crippen LogP contribution is -2.26. The van der Waals surface area contributed by atoms with Gasteiger partial charge in [0.2, 0.25) is 0 Å². The third kappa shape index (κ3) is 4.64. The van der Waals surface area contributed by atoms with Crippen molar-refractivity contribution >= 4 is 11.8 Å². The predicted octanol–water partition coefficient (Wildman–Crippen LogP) is 3.19. The molecular formula is C22H26N6O2. The molecule has 0 fully saturated rings. The summed E-state index contributed by atoms with van der Waals surface area (Å²) in [6.45, 7) is 1.81. The van der Waals surface area contributed by atoms with Crippen molar-refractivity contribution in [2.75, 3.05) is 5.32 Å². The Balaban J connectivity index is 1.42. The number of rotatable bonds is 8. The van der Waals surface area contributed by atoms with Gasteiger partial charge in [-0.3, -0.25) is 9.48 Å². The summed E-state index contributed by atoms with van der Waals surface area (Å²) < 4.78 is 1.81. The smallest absolute Gasteiger partial charge is 0.305 e. The quantitative estimate of drug-likeness (QED) is 0.592. The Morgan fingerprint density at radius 2 is 2.10 bits per heavy atom. The van der Waals surface area contributed by atoms with Crippen LogP contribution in [0.3, 0.4) is 0 Å². The molecule has 4 rings (SSSR count). The van der Waals surface area contributed by atoms with E-state index in [2.05, 4.69) is 31.4 Å². The normalized spacial score (nSPS) is 16.5. The van der Waals surface area contributed by atoms with Crippen molar-refractivity contribution in [3.8, 4) is 0 Å². The van der Waals surface area contributed by atoms with Crippen molar-refractivity contribution in [2.24, 2.45) is 0 Å². The molecule has 8 heteroatoms. The molecule has 2 N–H and O–H groups in total. The highest BCUT2D eigenvalue weighted by Gasteiger charge is 2.22. The van der Waals surface area contributed by atoms with Crippen LogP contribution < -0.4 is 5.32 Å². The largest absolute Gasteiger partial charge is 0.481 e. The lowest BCUT2D eigenvalue weighted by atomic mass is 9.96. The number of fused-ring (bicyclic) bond motifs is 1. The fourth-order valence-corrected chi connectivity index (χ4v) is 4.02. The molecule has 0 saturated carbocycles. The van der Waals surface area contributed by atoms with Crippen LogP contribution in [0.1, 0.15) is 54.4 Å². The zero-order chi connectivity index (χ0) is 20.9. The van der Waals surface area contributed by atoms with E-state index >= 15 is 0 Å². The van der Waals surface area contributed by atoms with Crippen LogP contribution in [-0.4, -0.2) is 41.9 Å². The number of hydrogen-bond acceptors (Lipinski definition) is 6. The van der Waals surface area contributed by atoms with E-state index in [1.54, 1.807) is 18.6 Å². The van der Waals surface area contributed by atoms with Crippen LogP contribution in [0, 0.1) is 6.92 Å². The first-order valence-corrected chi connectivity index (χ1v) is 10.3. The van der Waals surface area contributed by atoms with E-state index in [9.17, 15) is 9.90 Å². The Bertz CT molecular complexity index is 1000. The number of pyridine rings is 1. The van der Waals surface area contributed by atoms with Gasteiger partial charge in [-0.05, 0) is 56.7 Å². The molecule has 0 saturated heterocycles. The molecule has 0 amide bonds. The molecule has 3 aromatic heterocycles. The van der Waals surface area contributed by atoms with E-state index in [0.29, 0.717) is 11.9 Å². The molecule has 2 unspecified atom stereocenters. The van der Waals surface area contributed by atoms with Gasteiger partial charge in [0.15, 0.2) is 0 Å². The highest BCUT2D eigenvalue weighted by molar-refractivity contribution is 5.68. The second kappa shape index (κ2) is 9.02. The van der Waals surface area contributed by atoms with E-state index < -0.39 is 12.0 Å². The van der Waals surface area contributed by atoms with Crippen LogP contribution in [-0.2, 0) is 17.6 Å². The zero-order valence-electron chi connectivity index (χ0n) is 17.0. The molecule has 2 atom stereocenters. The first kappa shape index (κ1) is 20.0. The van der Waals surface area contributed by atoms with Gasteiger partial charge in [-0.1, -0.05) is 6.07 Å². The number of aromatic nitrogens is 5. The lowest BCUT2D eigenvalue weighted by Gasteiger charge is -2.26. The zero-order valence-corrected chi connectivity index (χ0v) is 17.0. The molecule has 0 radical (unpaired) electrons. The molecule has 1 aliphatic heterocycles. The first-order valence-electron chi connectivity index (χ1n) is 10.3. The van der Waals surface area contributed by atoms with Crippen molar-refractivity contribution in [3.05, 3.63) is 65.6 Å². The number of carboxylic acids is 1. The summed E-state index contributed by atoms with van der Waals surface area (Å²) in [5, 5.41) is 17.4. The number of nitrogens with one attached hydrogen (secondary N) is 1. The molecule has 0 bridgehead atoms. The van der Waals surface area contributed by atoms with Crippen molar-refractivity contribution < 1.29 is 9.90 Å². The van der Waals surface area contributed by atoms with E-state index in [1.807, 2.05) is 29.9 Å². The van der Waals surface area contributed by atoms with Crippen molar-refractivity contribution in [1.82, 2.24) is 24.7 Å². The van der Waals surface area contributed by atoms with Gasteiger partial charge in [-0.2, -0.15) is 5.10 Å². The summed E-state index contributed by atoms with van der Waals surface area (Å²) in [6.07, 6.45) is 11.9. The molecule has 0 aromatic carbocycles. The Hall–Kier alpha value is -3.29. The fraction of sp³-hybridized carbons (Fsp3) is 0.409. The molecule has 3 aromatic rings. The van der Waals surface area contributed by atoms with E-state index in [4.69, 9.17) is 0 Å². The highest BCUT2D eigenvalue weighted by atomic mass is 16.4. The predicted molar refractivity (Wildman–Crippen MR) is 112 cm³/mol. The number of hydrogen-bond donors (Lipinski definition) is 2. The Labute approximate surface area is 175 Å². The maximum atomic E-state index is 11.5. The van der Waals surface area contributed by atoms with E-state index in [1.165, 1.54) is 5.56 Å². The third-order valence-electron chi connectivity index (χ3n) is 5.58.